The van der Waals surface area contributed by atoms with Crippen molar-refractivity contribution in [1.29, 1.82) is 0 Å². The molecule has 0 amide bonds. The molecule has 3 N–H and O–H groups in total. The van der Waals surface area contributed by atoms with E-state index in [9.17, 15) is 0 Å². The summed E-state index contributed by atoms with van der Waals surface area (Å²) in [5, 5.41) is 8.39. The minimum absolute atomic E-state index is 0.318. The van der Waals surface area contributed by atoms with Crippen LogP contribution in [0.3, 0.4) is 0 Å². The molecule has 0 unspecified atom stereocenters. The Morgan fingerprint density at radius 1 is 1.10 bits per heavy atom. The van der Waals surface area contributed by atoms with E-state index in [4.69, 9.17) is 5.73 Å². The molecule has 0 bridgehead atoms. The van der Waals surface area contributed by atoms with Gasteiger partial charge in [0.1, 0.15) is 0 Å². The Hall–Kier alpha value is -2.63. The number of rotatable bonds is 3. The molecule has 110 valence electrons. The lowest BCUT2D eigenvalue weighted by Crippen LogP contribution is -2.05. The maximum absolute atomic E-state index is 5.86. The normalized spacial score (nSPS) is 10.0. The van der Waals surface area contributed by atoms with Crippen molar-refractivity contribution in [2.24, 2.45) is 0 Å². The Kier molecular flexibility index (Phi) is 4.71. The fourth-order valence-corrected chi connectivity index (χ4v) is 1.90. The lowest BCUT2D eigenvalue weighted by molar-refractivity contribution is 0.862. The summed E-state index contributed by atoms with van der Waals surface area (Å²) in [6.45, 7) is 6.72. The predicted octanol–water partition coefficient (Wildman–Crippen LogP) is 2.86. The molecule has 3 rings (SSSR count). The summed E-state index contributed by atoms with van der Waals surface area (Å²) in [4.78, 5) is 8.67. The second kappa shape index (κ2) is 6.69. The molecule has 0 radical (unpaired) electrons. The summed E-state index contributed by atoms with van der Waals surface area (Å²) in [5.41, 5.74) is 6.76. The number of nitrogen functional groups attached to an aromatic ring is 1. The molecule has 6 nitrogen and oxygen atoms in total. The molecular formula is C15H20N6. The first-order valence-corrected chi connectivity index (χ1v) is 7.10. The van der Waals surface area contributed by atoms with Crippen molar-refractivity contribution in [3.8, 4) is 5.82 Å². The molecule has 0 saturated carbocycles. The topological polar surface area (TPSA) is 81.6 Å². The van der Waals surface area contributed by atoms with Gasteiger partial charge in [0.15, 0.2) is 5.82 Å². The van der Waals surface area contributed by atoms with Gasteiger partial charge in [-0.05, 0) is 25.1 Å². The summed E-state index contributed by atoms with van der Waals surface area (Å²) in [6, 6.07) is 11.8. The zero-order valence-corrected chi connectivity index (χ0v) is 12.5. The monoisotopic (exact) mass is 284 g/mol. The Morgan fingerprint density at radius 3 is 2.62 bits per heavy atom. The number of pyridine rings is 1. The van der Waals surface area contributed by atoms with Crippen molar-refractivity contribution < 1.29 is 0 Å². The molecule has 2 aromatic heterocycles. The minimum atomic E-state index is 0.318. The van der Waals surface area contributed by atoms with Gasteiger partial charge in [0.2, 0.25) is 11.9 Å². The summed E-state index contributed by atoms with van der Waals surface area (Å²) in [6.07, 6.45) is 0. The Bertz CT molecular complexity index is 719. The first-order chi connectivity index (χ1) is 10.3. The quantitative estimate of drug-likeness (QED) is 0.773. The number of nitrogens with zero attached hydrogens (tertiary/aromatic N) is 4. The van der Waals surface area contributed by atoms with Crippen LogP contribution in [0.15, 0.2) is 36.4 Å². The van der Waals surface area contributed by atoms with Crippen LogP contribution in [0.4, 0.5) is 11.9 Å². The van der Waals surface area contributed by atoms with Crippen molar-refractivity contribution in [1.82, 2.24) is 19.7 Å². The van der Waals surface area contributed by atoms with Crippen LogP contribution in [0, 0.1) is 0 Å². The van der Waals surface area contributed by atoms with E-state index in [0.29, 0.717) is 17.7 Å². The van der Waals surface area contributed by atoms with Crippen LogP contribution in [0.25, 0.3) is 16.7 Å². The fourth-order valence-electron chi connectivity index (χ4n) is 1.90. The summed E-state index contributed by atoms with van der Waals surface area (Å²) < 4.78 is 1.53. The van der Waals surface area contributed by atoms with Gasteiger partial charge >= 0.3 is 0 Å². The van der Waals surface area contributed by atoms with Crippen molar-refractivity contribution in [3.05, 3.63) is 36.4 Å². The van der Waals surface area contributed by atoms with E-state index in [1.807, 2.05) is 57.2 Å². The predicted molar refractivity (Wildman–Crippen MR) is 86.6 cm³/mol. The third-order valence-electron chi connectivity index (χ3n) is 2.77. The zero-order valence-electron chi connectivity index (χ0n) is 12.5. The van der Waals surface area contributed by atoms with Crippen molar-refractivity contribution in [2.45, 2.75) is 20.8 Å². The fraction of sp³-hybridized carbons (Fsp3) is 0.267. The number of aromatic nitrogens is 4. The average Bonchev–Trinajstić information content (AvgIpc) is 2.90. The van der Waals surface area contributed by atoms with Crippen molar-refractivity contribution in [2.75, 3.05) is 17.6 Å². The molecule has 3 aromatic rings. The van der Waals surface area contributed by atoms with Crippen LogP contribution in [-0.4, -0.2) is 26.3 Å². The van der Waals surface area contributed by atoms with E-state index in [1.54, 1.807) is 0 Å². The van der Waals surface area contributed by atoms with E-state index >= 15 is 0 Å². The Balaban J connectivity index is 0.000000774. The highest BCUT2D eigenvalue weighted by molar-refractivity contribution is 5.79. The smallest absolute Gasteiger partial charge is 0.244 e. The van der Waals surface area contributed by atoms with Crippen LogP contribution in [-0.2, 0) is 0 Å². The third kappa shape index (κ3) is 3.10. The Morgan fingerprint density at radius 2 is 1.86 bits per heavy atom. The molecule has 0 aliphatic heterocycles. The van der Waals surface area contributed by atoms with Gasteiger partial charge in [0.25, 0.3) is 0 Å². The van der Waals surface area contributed by atoms with E-state index in [1.165, 1.54) is 4.68 Å². The van der Waals surface area contributed by atoms with Gasteiger partial charge in [0, 0.05) is 11.9 Å². The third-order valence-corrected chi connectivity index (χ3v) is 2.77. The molecule has 0 saturated heterocycles. The SMILES string of the molecule is CC.CCNc1nc(N)n(-c2ccc3ccccc3n2)n1. The molecule has 21 heavy (non-hydrogen) atoms. The van der Waals surface area contributed by atoms with E-state index in [-0.39, 0.29) is 0 Å². The molecule has 6 heteroatoms. The second-order valence-electron chi connectivity index (χ2n) is 4.10. The highest BCUT2D eigenvalue weighted by atomic mass is 15.4. The lowest BCUT2D eigenvalue weighted by Gasteiger charge is -2.03. The maximum atomic E-state index is 5.86. The second-order valence-corrected chi connectivity index (χ2v) is 4.10. The van der Waals surface area contributed by atoms with Crippen LogP contribution in [0.5, 0.6) is 0 Å². The number of hydrogen-bond acceptors (Lipinski definition) is 5. The standard InChI is InChI=1S/C13H14N6.C2H6/c1-2-15-13-17-12(14)19(18-13)11-8-7-9-5-3-4-6-10(9)16-11;1-2/h3-8H,2H2,1H3,(H3,14,15,17,18);1-2H3. The summed E-state index contributed by atoms with van der Waals surface area (Å²) in [5.74, 6) is 1.49. The molecule has 0 atom stereocenters. The zero-order chi connectivity index (χ0) is 15.2. The van der Waals surface area contributed by atoms with Crippen molar-refractivity contribution in [3.63, 3.8) is 0 Å². The molecule has 1 aromatic carbocycles. The lowest BCUT2D eigenvalue weighted by atomic mass is 10.2. The van der Waals surface area contributed by atoms with Crippen LogP contribution in [0.2, 0.25) is 0 Å². The molecule has 2 heterocycles. The van der Waals surface area contributed by atoms with Gasteiger partial charge in [-0.25, -0.2) is 4.98 Å². The van der Waals surface area contributed by atoms with Crippen molar-refractivity contribution >= 4 is 22.8 Å². The van der Waals surface area contributed by atoms with Crippen LogP contribution in [0.1, 0.15) is 20.8 Å². The molecule has 0 fully saturated rings. The number of nitrogens with one attached hydrogen (secondary N) is 1. The average molecular weight is 284 g/mol. The number of nitrogens with two attached hydrogens (primary N) is 1. The van der Waals surface area contributed by atoms with Gasteiger partial charge in [-0.3, -0.25) is 0 Å². The summed E-state index contributed by atoms with van der Waals surface area (Å²) >= 11 is 0. The van der Waals surface area contributed by atoms with Crippen LogP contribution >= 0.6 is 0 Å². The van der Waals surface area contributed by atoms with Gasteiger partial charge in [-0.1, -0.05) is 32.0 Å². The van der Waals surface area contributed by atoms with Gasteiger partial charge in [0.05, 0.1) is 5.52 Å². The Labute approximate surface area is 124 Å². The highest BCUT2D eigenvalue weighted by Gasteiger charge is 2.09. The van der Waals surface area contributed by atoms with E-state index in [0.717, 1.165) is 17.4 Å². The number of hydrogen-bond donors (Lipinski definition) is 2. The number of para-hydroxylation sites is 1. The molecule has 0 aliphatic rings. The highest BCUT2D eigenvalue weighted by Crippen LogP contribution is 2.16. The van der Waals surface area contributed by atoms with E-state index < -0.39 is 0 Å². The first-order valence-electron chi connectivity index (χ1n) is 7.10. The van der Waals surface area contributed by atoms with Gasteiger partial charge < -0.3 is 11.1 Å². The molecule has 0 aliphatic carbocycles. The number of fused-ring (bicyclic) bond motifs is 1. The molecular weight excluding hydrogens is 264 g/mol. The maximum Gasteiger partial charge on any atom is 0.244 e. The number of anilines is 2. The largest absolute Gasteiger partial charge is 0.368 e. The van der Waals surface area contributed by atoms with Gasteiger partial charge in [-0.2, -0.15) is 9.67 Å². The first kappa shape index (κ1) is 14.8. The van der Waals surface area contributed by atoms with Gasteiger partial charge in [-0.15, -0.1) is 5.10 Å². The van der Waals surface area contributed by atoms with E-state index in [2.05, 4.69) is 20.4 Å². The number of benzene rings is 1. The minimum Gasteiger partial charge on any atom is -0.368 e. The molecule has 0 spiro atoms. The van der Waals surface area contributed by atoms with Crippen LogP contribution < -0.4 is 11.1 Å². The summed E-state index contributed by atoms with van der Waals surface area (Å²) in [7, 11) is 0.